The summed E-state index contributed by atoms with van der Waals surface area (Å²) in [6, 6.07) is 10.4. The molecule has 0 radical (unpaired) electrons. The summed E-state index contributed by atoms with van der Waals surface area (Å²) in [5.41, 5.74) is 0.963. The predicted molar refractivity (Wildman–Crippen MR) is 78.5 cm³/mol. The summed E-state index contributed by atoms with van der Waals surface area (Å²) >= 11 is 15.3. The van der Waals surface area contributed by atoms with Gasteiger partial charge in [0, 0.05) is 10.0 Å². The first-order valence-corrected chi connectivity index (χ1v) is 6.98. The molecule has 98 valence electrons. The van der Waals surface area contributed by atoms with Crippen LogP contribution < -0.4 is 0 Å². The number of rotatable bonds is 3. The average Bonchev–Trinajstić information content (AvgIpc) is 2.41. The van der Waals surface area contributed by atoms with Gasteiger partial charge in [0.25, 0.3) is 0 Å². The maximum Gasteiger partial charge on any atom is 0.185 e. The van der Waals surface area contributed by atoms with Crippen molar-refractivity contribution in [3.05, 3.63) is 68.9 Å². The number of hydrogen-bond donors (Lipinski definition) is 0. The molecule has 0 bridgehead atoms. The first-order chi connectivity index (χ1) is 8.99. The number of benzene rings is 2. The van der Waals surface area contributed by atoms with Crippen LogP contribution in [-0.4, -0.2) is 5.78 Å². The van der Waals surface area contributed by atoms with E-state index in [0.717, 1.165) is 0 Å². The normalized spacial score (nSPS) is 12.2. The lowest BCUT2D eigenvalue weighted by Crippen LogP contribution is -2.07. The molecule has 19 heavy (non-hydrogen) atoms. The Morgan fingerprint density at radius 1 is 1.16 bits per heavy atom. The summed E-state index contributed by atoms with van der Waals surface area (Å²) in [5.74, 6) is -0.644. The maximum atomic E-state index is 12.8. The van der Waals surface area contributed by atoms with Crippen LogP contribution in [0.5, 0.6) is 0 Å². The molecule has 0 saturated heterocycles. The smallest absolute Gasteiger partial charge is 0.185 e. The number of alkyl halides is 1. The van der Waals surface area contributed by atoms with Gasteiger partial charge in [-0.25, -0.2) is 4.39 Å². The number of carbonyl (C=O) groups is 1. The molecule has 0 aliphatic carbocycles. The molecular formula is C14H8BrCl2FO. The van der Waals surface area contributed by atoms with E-state index < -0.39 is 5.38 Å². The van der Waals surface area contributed by atoms with Crippen LogP contribution in [0.4, 0.5) is 4.39 Å². The van der Waals surface area contributed by atoms with Crippen LogP contribution in [0, 0.1) is 5.82 Å². The van der Waals surface area contributed by atoms with E-state index in [1.807, 2.05) is 0 Å². The first-order valence-electron chi connectivity index (χ1n) is 5.38. The molecule has 0 heterocycles. The van der Waals surface area contributed by atoms with Crippen LogP contribution in [0.1, 0.15) is 21.3 Å². The maximum absolute atomic E-state index is 12.8. The van der Waals surface area contributed by atoms with Crippen LogP contribution in [0.15, 0.2) is 46.9 Å². The first kappa shape index (κ1) is 14.5. The fourth-order valence-electron chi connectivity index (χ4n) is 1.58. The highest BCUT2D eigenvalue weighted by Gasteiger charge is 2.20. The van der Waals surface area contributed by atoms with Crippen molar-refractivity contribution >= 4 is 44.9 Å². The minimum Gasteiger partial charge on any atom is -0.292 e. The van der Waals surface area contributed by atoms with E-state index in [-0.39, 0.29) is 11.6 Å². The van der Waals surface area contributed by atoms with Crippen molar-refractivity contribution in [3.63, 3.8) is 0 Å². The Morgan fingerprint density at radius 3 is 2.37 bits per heavy atom. The van der Waals surface area contributed by atoms with Gasteiger partial charge < -0.3 is 0 Å². The second-order valence-electron chi connectivity index (χ2n) is 3.91. The standard InChI is InChI=1S/C14H8BrCl2FO/c15-11-6-3-9(7-12(11)16)14(19)13(17)8-1-4-10(18)5-2-8/h1-7,13H. The third-order valence-corrected chi connectivity index (χ3v) is 4.28. The van der Waals surface area contributed by atoms with Gasteiger partial charge in [0.15, 0.2) is 5.78 Å². The highest BCUT2D eigenvalue weighted by Crippen LogP contribution is 2.29. The van der Waals surface area contributed by atoms with Crippen LogP contribution in [0.2, 0.25) is 5.02 Å². The van der Waals surface area contributed by atoms with Gasteiger partial charge in [-0.2, -0.15) is 0 Å². The fourth-order valence-corrected chi connectivity index (χ4v) is 2.28. The second kappa shape index (κ2) is 6.04. The van der Waals surface area contributed by atoms with Gasteiger partial charge in [0.2, 0.25) is 0 Å². The van der Waals surface area contributed by atoms with E-state index in [4.69, 9.17) is 23.2 Å². The van der Waals surface area contributed by atoms with Crippen LogP contribution >= 0.6 is 39.1 Å². The average molecular weight is 362 g/mol. The van der Waals surface area contributed by atoms with Gasteiger partial charge in [-0.05, 0) is 45.8 Å². The molecule has 2 aromatic rings. The molecule has 0 aliphatic rings. The van der Waals surface area contributed by atoms with Gasteiger partial charge in [-0.15, -0.1) is 11.6 Å². The molecule has 0 amide bonds. The Kier molecular flexibility index (Phi) is 4.61. The molecule has 1 atom stereocenters. The molecule has 0 aromatic heterocycles. The molecule has 1 unspecified atom stereocenters. The Balaban J connectivity index is 2.28. The summed E-state index contributed by atoms with van der Waals surface area (Å²) in [6.45, 7) is 0. The molecule has 2 aromatic carbocycles. The topological polar surface area (TPSA) is 17.1 Å². The summed E-state index contributed by atoms with van der Waals surface area (Å²) in [6.07, 6.45) is 0. The van der Waals surface area contributed by atoms with E-state index in [1.165, 1.54) is 24.3 Å². The summed E-state index contributed by atoms with van der Waals surface area (Å²) in [5, 5.41) is -0.424. The van der Waals surface area contributed by atoms with Crippen molar-refractivity contribution in [2.24, 2.45) is 0 Å². The monoisotopic (exact) mass is 360 g/mol. The number of Topliss-reactive ketones (excluding diaryl/α,β-unsaturated/α-hetero) is 1. The van der Waals surface area contributed by atoms with Crippen LogP contribution in [0.25, 0.3) is 0 Å². The van der Waals surface area contributed by atoms with E-state index >= 15 is 0 Å². The summed E-state index contributed by atoms with van der Waals surface area (Å²) < 4.78 is 13.5. The van der Waals surface area contributed by atoms with E-state index in [2.05, 4.69) is 15.9 Å². The van der Waals surface area contributed by atoms with Gasteiger partial charge >= 0.3 is 0 Å². The minimum absolute atomic E-state index is 0.275. The molecule has 0 aliphatic heterocycles. The van der Waals surface area contributed by atoms with Crippen LogP contribution in [0.3, 0.4) is 0 Å². The van der Waals surface area contributed by atoms with Gasteiger partial charge in [-0.3, -0.25) is 4.79 Å². The third kappa shape index (κ3) is 3.35. The quantitative estimate of drug-likeness (QED) is 0.528. The van der Waals surface area contributed by atoms with Crippen molar-refractivity contribution in [2.45, 2.75) is 5.38 Å². The second-order valence-corrected chi connectivity index (χ2v) is 5.61. The van der Waals surface area contributed by atoms with E-state index in [9.17, 15) is 9.18 Å². The fraction of sp³-hybridized carbons (Fsp3) is 0.0714. The number of hydrogen-bond acceptors (Lipinski definition) is 1. The van der Waals surface area contributed by atoms with Crippen molar-refractivity contribution < 1.29 is 9.18 Å². The number of halogens is 4. The van der Waals surface area contributed by atoms with E-state index in [1.54, 1.807) is 18.2 Å². The van der Waals surface area contributed by atoms with Crippen molar-refractivity contribution in [1.82, 2.24) is 0 Å². The molecule has 0 saturated carbocycles. The highest BCUT2D eigenvalue weighted by molar-refractivity contribution is 9.10. The molecule has 0 spiro atoms. The highest BCUT2D eigenvalue weighted by atomic mass is 79.9. The zero-order chi connectivity index (χ0) is 14.0. The lowest BCUT2D eigenvalue weighted by Gasteiger charge is -2.09. The Bertz CT molecular complexity index is 613. The van der Waals surface area contributed by atoms with Crippen molar-refractivity contribution in [1.29, 1.82) is 0 Å². The molecule has 5 heteroatoms. The van der Waals surface area contributed by atoms with E-state index in [0.29, 0.717) is 20.6 Å². The Morgan fingerprint density at radius 2 is 1.79 bits per heavy atom. The van der Waals surface area contributed by atoms with Gasteiger partial charge in [0.05, 0.1) is 5.02 Å². The molecule has 1 nitrogen and oxygen atoms in total. The third-order valence-electron chi connectivity index (χ3n) is 2.60. The minimum atomic E-state index is -0.863. The Labute approximate surface area is 128 Å². The summed E-state index contributed by atoms with van der Waals surface area (Å²) in [4.78, 5) is 12.2. The lowest BCUT2D eigenvalue weighted by molar-refractivity contribution is 0.0987. The molecule has 0 N–H and O–H groups in total. The Hall–Kier alpha value is -0.900. The summed E-state index contributed by atoms with van der Waals surface area (Å²) in [7, 11) is 0. The predicted octanol–water partition coefficient (Wildman–Crippen LogP) is 5.40. The van der Waals surface area contributed by atoms with Crippen molar-refractivity contribution in [3.8, 4) is 0 Å². The SMILES string of the molecule is O=C(c1ccc(Br)c(Cl)c1)C(Cl)c1ccc(F)cc1. The van der Waals surface area contributed by atoms with Crippen LogP contribution in [-0.2, 0) is 0 Å². The number of carbonyl (C=O) groups excluding carboxylic acids is 1. The lowest BCUT2D eigenvalue weighted by atomic mass is 10.0. The zero-order valence-corrected chi connectivity index (χ0v) is 12.6. The molecule has 0 fully saturated rings. The largest absolute Gasteiger partial charge is 0.292 e. The van der Waals surface area contributed by atoms with Gasteiger partial charge in [0.1, 0.15) is 11.2 Å². The number of ketones is 1. The van der Waals surface area contributed by atoms with Crippen molar-refractivity contribution in [2.75, 3.05) is 0 Å². The van der Waals surface area contributed by atoms with Gasteiger partial charge in [-0.1, -0.05) is 29.8 Å². The molecule has 2 rings (SSSR count). The molecular weight excluding hydrogens is 354 g/mol. The zero-order valence-electron chi connectivity index (χ0n) is 9.54.